The third-order valence-electron chi connectivity index (χ3n) is 16.9. The lowest BCUT2D eigenvalue weighted by molar-refractivity contribution is -0.359. The highest BCUT2D eigenvalue weighted by Gasteiger charge is 2.51. The molecule has 0 bridgehead atoms. The van der Waals surface area contributed by atoms with E-state index in [2.05, 4.69) is 153 Å². The van der Waals surface area contributed by atoms with Crippen LogP contribution in [0.2, 0.25) is 0 Å². The smallest absolute Gasteiger partial charge is 0.220 e. The fourth-order valence-electron chi connectivity index (χ4n) is 11.1. The van der Waals surface area contributed by atoms with Gasteiger partial charge in [-0.05, 0) is 96.3 Å². The predicted octanol–water partition coefficient (Wildman–Crippen LogP) is 15.5. The Balaban J connectivity index is 1.66. The van der Waals surface area contributed by atoms with E-state index in [1.165, 1.54) is 96.3 Å². The van der Waals surface area contributed by atoms with Gasteiger partial charge in [0.15, 0.2) is 12.6 Å². The fourth-order valence-corrected chi connectivity index (χ4v) is 11.1. The molecule has 0 aromatic carbocycles. The minimum absolute atomic E-state index is 0.229. The summed E-state index contributed by atoms with van der Waals surface area (Å²) in [5.74, 6) is -0.229. The first-order chi connectivity index (χ1) is 45.1. The van der Waals surface area contributed by atoms with Crippen LogP contribution in [0.4, 0.5) is 0 Å². The van der Waals surface area contributed by atoms with Gasteiger partial charge in [0.2, 0.25) is 5.91 Å². The van der Waals surface area contributed by atoms with Crippen molar-refractivity contribution in [3.8, 4) is 0 Å². The number of hydrogen-bond donors (Lipinski definition) is 9. The van der Waals surface area contributed by atoms with Crippen molar-refractivity contribution in [1.82, 2.24) is 5.32 Å². The highest BCUT2D eigenvalue weighted by Crippen LogP contribution is 2.30. The number of carbonyl (C=O) groups excluding carboxylic acids is 1. The van der Waals surface area contributed by atoms with Gasteiger partial charge in [0.1, 0.15) is 48.8 Å². The van der Waals surface area contributed by atoms with Gasteiger partial charge in [-0.3, -0.25) is 4.79 Å². The van der Waals surface area contributed by atoms with Crippen molar-refractivity contribution in [2.24, 2.45) is 0 Å². The highest BCUT2D eigenvalue weighted by molar-refractivity contribution is 5.76. The van der Waals surface area contributed by atoms with Crippen LogP contribution in [0.1, 0.15) is 258 Å². The van der Waals surface area contributed by atoms with Crippen LogP contribution in [-0.4, -0.2) is 140 Å². The minimum atomic E-state index is -1.79. The molecule has 2 saturated heterocycles. The third kappa shape index (κ3) is 44.0. The van der Waals surface area contributed by atoms with Crippen LogP contribution in [0.5, 0.6) is 0 Å². The third-order valence-corrected chi connectivity index (χ3v) is 16.9. The number of nitrogens with one attached hydrogen (secondary N) is 1. The molecule has 92 heavy (non-hydrogen) atoms. The Kier molecular flexibility index (Phi) is 55.6. The van der Waals surface area contributed by atoms with Crippen LogP contribution in [0.3, 0.4) is 0 Å². The molecule has 0 aromatic heterocycles. The molecule has 0 saturated carbocycles. The summed E-state index contributed by atoms with van der Waals surface area (Å²) < 4.78 is 22.9. The maximum atomic E-state index is 13.4. The Morgan fingerprint density at radius 3 is 1.15 bits per heavy atom. The molecule has 526 valence electrons. The number of unbranched alkanes of at least 4 members (excludes halogenated alkanes) is 23. The summed E-state index contributed by atoms with van der Waals surface area (Å²) in [6.45, 7) is 2.74. The van der Waals surface area contributed by atoms with Gasteiger partial charge in [0, 0.05) is 6.42 Å². The standard InChI is InChI=1S/C78H131NO13/c1-3-5-7-9-11-13-15-17-19-21-23-24-25-26-27-28-29-30-31-32-33-34-35-36-37-38-39-40-41-42-44-46-48-50-52-54-56-58-60-62-70(83)79-66(67(82)61-59-57-55-53-51-49-47-45-43-22-20-18-16-14-12-10-8-6-4-2)65-89-77-75(88)73(86)76(69(64-81)91-77)92-78-74(87)72(85)71(84)68(63-80)90-78/h5,7,11,13,17,19,23-24,26-27,29-30,32-33,35-36,38-39,41-42,46,48,66-69,71-78,80-82,84-88H,3-4,6,8-10,12,14-16,18,20-22,25,28,31,34,37,40,43-45,47,49-65H2,1-2H3,(H,79,83)/b7-5-,13-11-,19-17-,24-23-,27-26-,30-29-,33-32-,36-35-,39-38-,42-41-,48-46-. The number of aliphatic hydroxyl groups excluding tert-OH is 8. The number of allylic oxidation sites excluding steroid dienone is 22. The maximum Gasteiger partial charge on any atom is 0.220 e. The van der Waals surface area contributed by atoms with E-state index >= 15 is 0 Å². The Morgan fingerprint density at radius 1 is 0.402 bits per heavy atom. The Hall–Kier alpha value is -3.87. The Labute approximate surface area is 558 Å². The zero-order chi connectivity index (χ0) is 66.6. The van der Waals surface area contributed by atoms with Gasteiger partial charge in [-0.2, -0.15) is 0 Å². The van der Waals surface area contributed by atoms with E-state index in [9.17, 15) is 45.6 Å². The number of amides is 1. The fraction of sp³-hybridized carbons (Fsp3) is 0.705. The van der Waals surface area contributed by atoms with E-state index in [1.807, 2.05) is 0 Å². The van der Waals surface area contributed by atoms with Gasteiger partial charge < -0.3 is 65.1 Å². The molecule has 2 aliphatic heterocycles. The number of carbonyl (C=O) groups is 1. The average Bonchev–Trinajstić information content (AvgIpc) is 1.05. The van der Waals surface area contributed by atoms with Crippen LogP contribution < -0.4 is 5.32 Å². The number of hydrogen-bond acceptors (Lipinski definition) is 13. The minimum Gasteiger partial charge on any atom is -0.394 e. The summed E-state index contributed by atoms with van der Waals surface area (Å²) >= 11 is 0. The van der Waals surface area contributed by atoms with E-state index < -0.39 is 86.8 Å². The summed E-state index contributed by atoms with van der Waals surface area (Å²) in [6, 6.07) is -0.850. The summed E-state index contributed by atoms with van der Waals surface area (Å²) in [5, 5.41) is 87.6. The van der Waals surface area contributed by atoms with Crippen LogP contribution in [0, 0.1) is 0 Å². The largest absolute Gasteiger partial charge is 0.394 e. The second kappa shape index (κ2) is 60.8. The summed E-state index contributed by atoms with van der Waals surface area (Å²) in [6.07, 6.45) is 73.1. The van der Waals surface area contributed by atoms with Crippen molar-refractivity contribution in [1.29, 1.82) is 0 Å². The van der Waals surface area contributed by atoms with Gasteiger partial charge in [-0.25, -0.2) is 0 Å². The van der Waals surface area contributed by atoms with Crippen molar-refractivity contribution < 1.29 is 64.6 Å². The number of ether oxygens (including phenoxy) is 4. The lowest BCUT2D eigenvalue weighted by atomic mass is 9.97. The van der Waals surface area contributed by atoms with E-state index in [0.29, 0.717) is 12.8 Å². The molecule has 0 aliphatic carbocycles. The van der Waals surface area contributed by atoms with E-state index in [1.54, 1.807) is 0 Å². The SMILES string of the molecule is CC/C=C\C/C=C\C/C=C\C/C=C\C/C=C\C/C=C\C/C=C\C/C=C\C/C=C\C/C=C\C/C=C\CCCCCCCC(=O)NC(COC1OC(CO)C(OC2OC(CO)C(O)C(O)C2O)C(O)C1O)C(O)CCCCCCCCCCCCCCCCCCCCC. The first-order valence-electron chi connectivity index (χ1n) is 36.4. The van der Waals surface area contributed by atoms with Crippen molar-refractivity contribution in [2.45, 2.75) is 331 Å². The van der Waals surface area contributed by atoms with Crippen LogP contribution >= 0.6 is 0 Å². The topological polar surface area (TPSA) is 228 Å². The van der Waals surface area contributed by atoms with Crippen LogP contribution in [0.15, 0.2) is 134 Å². The van der Waals surface area contributed by atoms with E-state index in [-0.39, 0.29) is 18.9 Å². The van der Waals surface area contributed by atoms with E-state index in [4.69, 9.17) is 18.9 Å². The Morgan fingerprint density at radius 2 is 0.750 bits per heavy atom. The molecule has 12 unspecified atom stereocenters. The normalized spacial score (nSPS) is 23.5. The van der Waals surface area contributed by atoms with E-state index in [0.717, 1.165) is 128 Å². The molecule has 9 N–H and O–H groups in total. The first-order valence-corrected chi connectivity index (χ1v) is 36.4. The van der Waals surface area contributed by atoms with Crippen molar-refractivity contribution in [3.63, 3.8) is 0 Å². The lowest BCUT2D eigenvalue weighted by Gasteiger charge is -2.46. The monoisotopic (exact) mass is 1290 g/mol. The van der Waals surface area contributed by atoms with Gasteiger partial charge in [0.05, 0.1) is 32.0 Å². The Bertz CT molecular complexity index is 2060. The highest BCUT2D eigenvalue weighted by atomic mass is 16.7. The van der Waals surface area contributed by atoms with Crippen molar-refractivity contribution in [3.05, 3.63) is 134 Å². The van der Waals surface area contributed by atoms with Crippen molar-refractivity contribution in [2.75, 3.05) is 19.8 Å². The first kappa shape index (κ1) is 84.2. The molecular formula is C78H131NO13. The summed E-state index contributed by atoms with van der Waals surface area (Å²) in [7, 11) is 0. The molecule has 2 heterocycles. The van der Waals surface area contributed by atoms with Gasteiger partial charge >= 0.3 is 0 Å². The lowest BCUT2D eigenvalue weighted by Crippen LogP contribution is -2.65. The second-order valence-corrected chi connectivity index (χ2v) is 25.0. The zero-order valence-electron chi connectivity index (χ0n) is 57.2. The predicted molar refractivity (Wildman–Crippen MR) is 378 cm³/mol. The van der Waals surface area contributed by atoms with Crippen LogP contribution in [0.25, 0.3) is 0 Å². The van der Waals surface area contributed by atoms with Gasteiger partial charge in [0.25, 0.3) is 0 Å². The molecule has 1 amide bonds. The molecule has 0 radical (unpaired) electrons. The maximum absolute atomic E-state index is 13.4. The summed E-state index contributed by atoms with van der Waals surface area (Å²) in [5.41, 5.74) is 0. The average molecular weight is 1290 g/mol. The molecule has 14 heteroatoms. The molecule has 12 atom stereocenters. The zero-order valence-corrected chi connectivity index (χ0v) is 57.2. The molecule has 2 rings (SSSR count). The quantitative estimate of drug-likeness (QED) is 0.0204. The molecular weight excluding hydrogens is 1160 g/mol. The number of aliphatic hydroxyl groups is 8. The molecule has 14 nitrogen and oxygen atoms in total. The molecule has 2 fully saturated rings. The molecule has 2 aliphatic rings. The molecule has 0 spiro atoms. The van der Waals surface area contributed by atoms with Crippen LogP contribution in [-0.2, 0) is 23.7 Å². The van der Waals surface area contributed by atoms with Gasteiger partial charge in [-0.1, -0.05) is 289 Å². The summed E-state index contributed by atoms with van der Waals surface area (Å²) in [4.78, 5) is 13.4. The van der Waals surface area contributed by atoms with Gasteiger partial charge in [-0.15, -0.1) is 0 Å². The number of rotatable bonds is 58. The second-order valence-electron chi connectivity index (χ2n) is 25.0. The molecule has 0 aromatic rings. The van der Waals surface area contributed by atoms with Crippen molar-refractivity contribution >= 4 is 5.91 Å².